The molecule has 1 aromatic heterocycles. The predicted octanol–water partition coefficient (Wildman–Crippen LogP) is 4.08. The highest BCUT2D eigenvalue weighted by Gasteiger charge is 2.14. The molecule has 3 heteroatoms. The fourth-order valence-electron chi connectivity index (χ4n) is 1.94. The number of halogens is 1. The molecule has 94 valence electrons. The molecule has 0 N–H and O–H groups in total. The summed E-state index contributed by atoms with van der Waals surface area (Å²) in [5.74, 6) is 0.910. The van der Waals surface area contributed by atoms with E-state index in [9.17, 15) is 0 Å². The normalized spacial score (nSPS) is 12.2. The number of benzene rings is 1. The summed E-state index contributed by atoms with van der Waals surface area (Å²) in [5.41, 5.74) is 3.49. The first-order valence-corrected chi connectivity index (χ1v) is 6.81. The Morgan fingerprint density at radius 3 is 2.72 bits per heavy atom. The number of para-hydroxylation sites is 1. The number of methoxy groups -OCH3 is 1. The molecule has 1 heterocycles. The van der Waals surface area contributed by atoms with Gasteiger partial charge >= 0.3 is 0 Å². The zero-order valence-electron chi connectivity index (χ0n) is 10.6. The van der Waals surface area contributed by atoms with Crippen molar-refractivity contribution in [1.29, 1.82) is 0 Å². The lowest BCUT2D eigenvalue weighted by Gasteiger charge is -2.14. The van der Waals surface area contributed by atoms with E-state index in [0.717, 1.165) is 23.4 Å². The highest BCUT2D eigenvalue weighted by Crippen LogP contribution is 2.33. The van der Waals surface area contributed by atoms with Crippen molar-refractivity contribution in [3.63, 3.8) is 0 Å². The van der Waals surface area contributed by atoms with Crippen LogP contribution in [0.5, 0.6) is 5.75 Å². The predicted molar refractivity (Wildman–Crippen MR) is 77.3 cm³/mol. The number of aromatic nitrogens is 1. The second-order valence-electron chi connectivity index (χ2n) is 4.18. The van der Waals surface area contributed by atoms with Gasteiger partial charge in [-0.2, -0.15) is 0 Å². The Bertz CT molecular complexity index is 527. The minimum Gasteiger partial charge on any atom is -0.496 e. The molecule has 0 bridgehead atoms. The maximum absolute atomic E-state index is 5.38. The Morgan fingerprint density at radius 2 is 2.00 bits per heavy atom. The summed E-state index contributed by atoms with van der Waals surface area (Å²) in [4.78, 5) is 4.64. The number of pyridine rings is 1. The lowest BCUT2D eigenvalue weighted by Crippen LogP contribution is -2.01. The Hall–Kier alpha value is -1.35. The number of alkyl halides is 1. The van der Waals surface area contributed by atoms with Gasteiger partial charge in [0.1, 0.15) is 5.75 Å². The van der Waals surface area contributed by atoms with Crippen LogP contribution < -0.4 is 4.74 Å². The summed E-state index contributed by atoms with van der Waals surface area (Å²) < 4.78 is 5.38. The molecular formula is C15H16BrNO. The second kappa shape index (κ2) is 6.01. The maximum Gasteiger partial charge on any atom is 0.123 e. The third-order valence-electron chi connectivity index (χ3n) is 2.97. The number of nitrogens with zero attached hydrogens (tertiary/aromatic N) is 1. The minimum absolute atomic E-state index is 0.210. The number of rotatable bonds is 4. The lowest BCUT2D eigenvalue weighted by atomic mass is 10.0. The van der Waals surface area contributed by atoms with Crippen molar-refractivity contribution in [3.05, 3.63) is 59.4 Å². The number of hydrogen-bond acceptors (Lipinski definition) is 2. The molecule has 0 saturated heterocycles. The van der Waals surface area contributed by atoms with Crippen molar-refractivity contribution in [3.8, 4) is 5.75 Å². The van der Waals surface area contributed by atoms with E-state index >= 15 is 0 Å². The summed E-state index contributed by atoms with van der Waals surface area (Å²) >= 11 is 3.73. The summed E-state index contributed by atoms with van der Waals surface area (Å²) in [5, 5.41) is 0. The maximum atomic E-state index is 5.38. The molecule has 0 amide bonds. The zero-order valence-corrected chi connectivity index (χ0v) is 12.1. The van der Waals surface area contributed by atoms with Gasteiger partial charge in [-0.05, 0) is 24.6 Å². The smallest absolute Gasteiger partial charge is 0.123 e. The van der Waals surface area contributed by atoms with E-state index in [1.165, 1.54) is 5.56 Å². The summed E-state index contributed by atoms with van der Waals surface area (Å²) in [6, 6.07) is 12.1. The van der Waals surface area contributed by atoms with Crippen molar-refractivity contribution in [1.82, 2.24) is 4.98 Å². The fourth-order valence-corrected chi connectivity index (χ4v) is 2.62. The van der Waals surface area contributed by atoms with E-state index < -0.39 is 0 Å². The van der Waals surface area contributed by atoms with Crippen molar-refractivity contribution in [2.24, 2.45) is 0 Å². The van der Waals surface area contributed by atoms with Gasteiger partial charge in [-0.3, -0.25) is 4.98 Å². The van der Waals surface area contributed by atoms with Crippen LogP contribution in [-0.4, -0.2) is 12.1 Å². The van der Waals surface area contributed by atoms with E-state index in [1.807, 2.05) is 30.5 Å². The van der Waals surface area contributed by atoms with Gasteiger partial charge in [0, 0.05) is 28.7 Å². The van der Waals surface area contributed by atoms with Gasteiger partial charge in [0.25, 0.3) is 0 Å². The van der Waals surface area contributed by atoms with E-state index in [-0.39, 0.29) is 4.83 Å². The average Bonchev–Trinajstić information content (AvgIpc) is 2.41. The standard InChI is InChI=1S/C15H16BrNO/c1-11-6-5-9-17-14(11)10-13(16)12-7-3-4-8-15(12)18-2/h3-9,13H,10H2,1-2H3. The van der Waals surface area contributed by atoms with E-state index in [1.54, 1.807) is 7.11 Å². The SMILES string of the molecule is COc1ccccc1C(Br)Cc1ncccc1C. The van der Waals surface area contributed by atoms with Crippen LogP contribution in [0.15, 0.2) is 42.6 Å². The Morgan fingerprint density at radius 1 is 1.22 bits per heavy atom. The molecule has 0 aliphatic carbocycles. The largest absolute Gasteiger partial charge is 0.496 e. The quantitative estimate of drug-likeness (QED) is 0.794. The van der Waals surface area contributed by atoms with Crippen LogP contribution in [0.4, 0.5) is 0 Å². The summed E-state index contributed by atoms with van der Waals surface area (Å²) in [6.07, 6.45) is 2.69. The number of aryl methyl sites for hydroxylation is 1. The van der Waals surface area contributed by atoms with Crippen LogP contribution in [0.3, 0.4) is 0 Å². The van der Waals surface area contributed by atoms with Gasteiger partial charge in [0.2, 0.25) is 0 Å². The molecule has 2 rings (SSSR count). The van der Waals surface area contributed by atoms with Crippen LogP contribution in [0, 0.1) is 6.92 Å². The summed E-state index contributed by atoms with van der Waals surface area (Å²) in [6.45, 7) is 2.09. The Kier molecular flexibility index (Phi) is 4.37. The van der Waals surface area contributed by atoms with Gasteiger partial charge in [-0.1, -0.05) is 40.2 Å². The third-order valence-corrected chi connectivity index (χ3v) is 3.78. The molecule has 2 nitrogen and oxygen atoms in total. The van der Waals surface area contributed by atoms with Gasteiger partial charge in [-0.25, -0.2) is 0 Å². The third kappa shape index (κ3) is 2.91. The lowest BCUT2D eigenvalue weighted by molar-refractivity contribution is 0.409. The molecule has 1 unspecified atom stereocenters. The topological polar surface area (TPSA) is 22.1 Å². The number of ether oxygens (including phenoxy) is 1. The molecule has 0 aliphatic rings. The molecule has 0 aliphatic heterocycles. The average molecular weight is 306 g/mol. The van der Waals surface area contributed by atoms with Crippen molar-refractivity contribution in [2.75, 3.05) is 7.11 Å². The Labute approximate surface area is 116 Å². The number of hydrogen-bond donors (Lipinski definition) is 0. The summed E-state index contributed by atoms with van der Waals surface area (Å²) in [7, 11) is 1.70. The molecule has 1 atom stereocenters. The van der Waals surface area contributed by atoms with Gasteiger partial charge < -0.3 is 4.74 Å². The van der Waals surface area contributed by atoms with Gasteiger partial charge in [0.15, 0.2) is 0 Å². The van der Waals surface area contributed by atoms with Gasteiger partial charge in [-0.15, -0.1) is 0 Å². The van der Waals surface area contributed by atoms with E-state index in [4.69, 9.17) is 4.74 Å². The van der Waals surface area contributed by atoms with Crippen molar-refractivity contribution in [2.45, 2.75) is 18.2 Å². The van der Waals surface area contributed by atoms with Crippen molar-refractivity contribution >= 4 is 15.9 Å². The second-order valence-corrected chi connectivity index (χ2v) is 5.29. The fraction of sp³-hybridized carbons (Fsp3) is 0.267. The molecule has 0 radical (unpaired) electrons. The molecular weight excluding hydrogens is 290 g/mol. The first-order valence-electron chi connectivity index (χ1n) is 5.90. The van der Waals surface area contributed by atoms with Crippen LogP contribution in [0.2, 0.25) is 0 Å². The zero-order chi connectivity index (χ0) is 13.0. The highest BCUT2D eigenvalue weighted by atomic mass is 79.9. The monoisotopic (exact) mass is 305 g/mol. The van der Waals surface area contributed by atoms with E-state index in [0.29, 0.717) is 0 Å². The molecule has 1 aromatic carbocycles. The van der Waals surface area contributed by atoms with Crippen LogP contribution >= 0.6 is 15.9 Å². The van der Waals surface area contributed by atoms with Gasteiger partial charge in [0.05, 0.1) is 7.11 Å². The highest BCUT2D eigenvalue weighted by molar-refractivity contribution is 9.09. The van der Waals surface area contributed by atoms with E-state index in [2.05, 4.69) is 40.0 Å². The molecule has 0 spiro atoms. The van der Waals surface area contributed by atoms with Crippen LogP contribution in [-0.2, 0) is 6.42 Å². The van der Waals surface area contributed by atoms with Crippen LogP contribution in [0.25, 0.3) is 0 Å². The molecule has 18 heavy (non-hydrogen) atoms. The first kappa shape index (κ1) is 13.1. The minimum atomic E-state index is 0.210. The van der Waals surface area contributed by atoms with Crippen molar-refractivity contribution < 1.29 is 4.74 Å². The Balaban J connectivity index is 2.22. The molecule has 2 aromatic rings. The van der Waals surface area contributed by atoms with Crippen LogP contribution in [0.1, 0.15) is 21.6 Å². The molecule has 0 saturated carbocycles. The first-order chi connectivity index (χ1) is 8.72. The molecule has 0 fully saturated rings.